The third kappa shape index (κ3) is 54.3. The average molecular weight is 954 g/mol. The molecular formula is C62H112O6. The van der Waals surface area contributed by atoms with Gasteiger partial charge in [0.1, 0.15) is 13.2 Å². The molecule has 0 radical (unpaired) electrons. The van der Waals surface area contributed by atoms with E-state index in [1.807, 2.05) is 0 Å². The first kappa shape index (κ1) is 65.4. The molecule has 0 aliphatic heterocycles. The maximum Gasteiger partial charge on any atom is 0.306 e. The summed E-state index contributed by atoms with van der Waals surface area (Å²) in [5.41, 5.74) is 0. The highest BCUT2D eigenvalue weighted by atomic mass is 16.6. The topological polar surface area (TPSA) is 78.9 Å². The fraction of sp³-hybridized carbons (Fsp3) is 0.823. The highest BCUT2D eigenvalue weighted by Gasteiger charge is 2.19. The zero-order valence-corrected chi connectivity index (χ0v) is 45.4. The van der Waals surface area contributed by atoms with Crippen molar-refractivity contribution < 1.29 is 28.6 Å². The van der Waals surface area contributed by atoms with Gasteiger partial charge in [0.15, 0.2) is 6.10 Å². The summed E-state index contributed by atoms with van der Waals surface area (Å²) in [7, 11) is 0. The molecule has 6 nitrogen and oxygen atoms in total. The van der Waals surface area contributed by atoms with Crippen molar-refractivity contribution in [1.29, 1.82) is 0 Å². The van der Waals surface area contributed by atoms with Crippen LogP contribution in [-0.4, -0.2) is 37.2 Å². The number of allylic oxidation sites excluding steroid dienone is 8. The van der Waals surface area contributed by atoms with Gasteiger partial charge in [-0.15, -0.1) is 0 Å². The summed E-state index contributed by atoms with van der Waals surface area (Å²) in [5, 5.41) is 0. The van der Waals surface area contributed by atoms with Crippen LogP contribution in [0, 0.1) is 0 Å². The van der Waals surface area contributed by atoms with E-state index in [1.54, 1.807) is 0 Å². The second-order valence-electron chi connectivity index (χ2n) is 19.9. The molecule has 0 N–H and O–H groups in total. The van der Waals surface area contributed by atoms with Crippen LogP contribution in [0.3, 0.4) is 0 Å². The van der Waals surface area contributed by atoms with Crippen LogP contribution < -0.4 is 0 Å². The molecule has 0 amide bonds. The highest BCUT2D eigenvalue weighted by molar-refractivity contribution is 5.71. The van der Waals surface area contributed by atoms with Gasteiger partial charge in [-0.3, -0.25) is 14.4 Å². The fourth-order valence-electron chi connectivity index (χ4n) is 8.55. The van der Waals surface area contributed by atoms with Gasteiger partial charge in [0.2, 0.25) is 0 Å². The van der Waals surface area contributed by atoms with Crippen molar-refractivity contribution in [3.05, 3.63) is 48.6 Å². The Balaban J connectivity index is 4.35. The summed E-state index contributed by atoms with van der Waals surface area (Å²) in [5.74, 6) is -0.884. The molecular weight excluding hydrogens is 841 g/mol. The van der Waals surface area contributed by atoms with Gasteiger partial charge in [-0.25, -0.2) is 0 Å². The molecule has 396 valence electrons. The maximum atomic E-state index is 12.9. The van der Waals surface area contributed by atoms with Crippen LogP contribution in [0.15, 0.2) is 48.6 Å². The second-order valence-corrected chi connectivity index (χ2v) is 19.9. The van der Waals surface area contributed by atoms with E-state index >= 15 is 0 Å². The molecule has 68 heavy (non-hydrogen) atoms. The Morgan fingerprint density at radius 3 is 0.882 bits per heavy atom. The van der Waals surface area contributed by atoms with Gasteiger partial charge in [-0.2, -0.15) is 0 Å². The predicted octanol–water partition coefficient (Wildman–Crippen LogP) is 19.8. The van der Waals surface area contributed by atoms with E-state index in [2.05, 4.69) is 69.4 Å². The van der Waals surface area contributed by atoms with Crippen molar-refractivity contribution in [1.82, 2.24) is 0 Å². The molecule has 0 aromatic rings. The Morgan fingerprint density at radius 1 is 0.294 bits per heavy atom. The lowest BCUT2D eigenvalue weighted by Gasteiger charge is -2.18. The number of esters is 3. The van der Waals surface area contributed by atoms with Crippen LogP contribution in [0.1, 0.15) is 310 Å². The number of rotatable bonds is 54. The summed E-state index contributed by atoms with van der Waals surface area (Å²) in [6.45, 7) is 6.60. The smallest absolute Gasteiger partial charge is 0.306 e. The molecule has 0 fully saturated rings. The summed E-state index contributed by atoms with van der Waals surface area (Å²) in [6, 6.07) is 0. The molecule has 0 aromatic carbocycles. The van der Waals surface area contributed by atoms with E-state index in [9.17, 15) is 14.4 Å². The highest BCUT2D eigenvalue weighted by Crippen LogP contribution is 2.17. The standard InChI is InChI=1S/C62H112O6/c1-4-7-10-13-16-19-22-25-28-30-31-33-34-37-40-43-46-49-52-55-61(64)67-58-59(57-66-60(63)54-51-48-45-42-39-36-27-24-21-18-15-12-9-6-3)68-62(65)56-53-50-47-44-41-38-35-32-29-26-23-20-17-14-11-8-5-2/h15,17-18,20,24,26-27,29,59H,4-14,16,19,21-23,25,28,30-58H2,1-3H3/b18-15-,20-17-,27-24-,29-26-/t59-/m1/s1. The lowest BCUT2D eigenvalue weighted by Crippen LogP contribution is -2.30. The normalized spacial score (nSPS) is 12.3. The summed E-state index contributed by atoms with van der Waals surface area (Å²) >= 11 is 0. The van der Waals surface area contributed by atoms with Gasteiger partial charge in [0.05, 0.1) is 0 Å². The number of hydrogen-bond donors (Lipinski definition) is 0. The molecule has 6 heteroatoms. The Kier molecular flexibility index (Phi) is 54.8. The Bertz CT molecular complexity index is 1190. The molecule has 1 atom stereocenters. The van der Waals surface area contributed by atoms with Crippen LogP contribution in [0.25, 0.3) is 0 Å². The largest absolute Gasteiger partial charge is 0.462 e. The van der Waals surface area contributed by atoms with Crippen LogP contribution in [0.4, 0.5) is 0 Å². The van der Waals surface area contributed by atoms with Crippen molar-refractivity contribution in [2.24, 2.45) is 0 Å². The van der Waals surface area contributed by atoms with Crippen molar-refractivity contribution in [3.63, 3.8) is 0 Å². The lowest BCUT2D eigenvalue weighted by atomic mass is 10.0. The Hall–Kier alpha value is -2.63. The van der Waals surface area contributed by atoms with Gasteiger partial charge in [-0.1, -0.05) is 262 Å². The van der Waals surface area contributed by atoms with E-state index in [0.29, 0.717) is 19.3 Å². The van der Waals surface area contributed by atoms with Crippen molar-refractivity contribution in [2.75, 3.05) is 13.2 Å². The van der Waals surface area contributed by atoms with Crippen LogP contribution in [0.2, 0.25) is 0 Å². The van der Waals surface area contributed by atoms with Crippen molar-refractivity contribution >= 4 is 17.9 Å². The molecule has 0 aromatic heterocycles. The molecule has 0 saturated carbocycles. The first-order valence-electron chi connectivity index (χ1n) is 29.6. The van der Waals surface area contributed by atoms with E-state index < -0.39 is 6.10 Å². The van der Waals surface area contributed by atoms with E-state index in [4.69, 9.17) is 14.2 Å². The number of ether oxygens (including phenoxy) is 3. The Labute approximate surface area is 422 Å². The molecule has 0 aliphatic carbocycles. The van der Waals surface area contributed by atoms with E-state index in [0.717, 1.165) is 89.9 Å². The quantitative estimate of drug-likeness (QED) is 0.0262. The molecule has 0 spiro atoms. The van der Waals surface area contributed by atoms with Gasteiger partial charge in [-0.05, 0) is 77.0 Å². The van der Waals surface area contributed by atoms with Gasteiger partial charge < -0.3 is 14.2 Å². The molecule has 0 unspecified atom stereocenters. The Morgan fingerprint density at radius 2 is 0.544 bits per heavy atom. The minimum Gasteiger partial charge on any atom is -0.462 e. The molecule has 0 rings (SSSR count). The van der Waals surface area contributed by atoms with Crippen molar-refractivity contribution in [3.8, 4) is 0 Å². The fourth-order valence-corrected chi connectivity index (χ4v) is 8.55. The SMILES string of the molecule is CCCC/C=C\C/C=C\CCCCCCCC(=O)OC[C@H](COC(=O)CCCCCCCCCCCCCCCCCCCCC)OC(=O)CCCCCCCCC/C=C\C/C=C\CCCCC. The maximum absolute atomic E-state index is 12.9. The number of hydrogen-bond acceptors (Lipinski definition) is 6. The first-order chi connectivity index (χ1) is 33.5. The molecule has 0 heterocycles. The second kappa shape index (κ2) is 57.0. The summed E-state index contributed by atoms with van der Waals surface area (Å²) in [6.07, 6.45) is 69.6. The van der Waals surface area contributed by atoms with Gasteiger partial charge in [0, 0.05) is 19.3 Å². The van der Waals surface area contributed by atoms with Crippen molar-refractivity contribution in [2.45, 2.75) is 316 Å². The van der Waals surface area contributed by atoms with Crippen LogP contribution in [-0.2, 0) is 28.6 Å². The summed E-state index contributed by atoms with van der Waals surface area (Å²) < 4.78 is 16.9. The minimum atomic E-state index is -0.781. The number of carbonyl (C=O) groups is 3. The predicted molar refractivity (Wildman–Crippen MR) is 293 cm³/mol. The van der Waals surface area contributed by atoms with E-state index in [-0.39, 0.29) is 31.1 Å². The van der Waals surface area contributed by atoms with Gasteiger partial charge >= 0.3 is 17.9 Å². The average Bonchev–Trinajstić information content (AvgIpc) is 3.34. The molecule has 0 saturated heterocycles. The lowest BCUT2D eigenvalue weighted by molar-refractivity contribution is -0.167. The third-order valence-corrected chi connectivity index (χ3v) is 13.1. The third-order valence-electron chi connectivity index (χ3n) is 13.1. The van der Waals surface area contributed by atoms with Crippen LogP contribution in [0.5, 0.6) is 0 Å². The monoisotopic (exact) mass is 953 g/mol. The molecule has 0 aliphatic rings. The van der Waals surface area contributed by atoms with E-state index in [1.165, 1.54) is 180 Å². The molecule has 0 bridgehead atoms. The number of carbonyl (C=O) groups excluding carboxylic acids is 3. The summed E-state index contributed by atoms with van der Waals surface area (Å²) in [4.78, 5) is 38.2. The first-order valence-corrected chi connectivity index (χ1v) is 29.6. The van der Waals surface area contributed by atoms with Gasteiger partial charge in [0.25, 0.3) is 0 Å². The zero-order chi connectivity index (χ0) is 49.3. The minimum absolute atomic E-state index is 0.0779. The number of unbranched alkanes of at least 4 members (excludes halogenated alkanes) is 35. The zero-order valence-electron chi connectivity index (χ0n) is 45.4. The van der Waals surface area contributed by atoms with Crippen LogP contribution >= 0.6 is 0 Å².